The number of sulfonamides is 1. The van der Waals surface area contributed by atoms with Gasteiger partial charge in [0.05, 0.1) is 0 Å². The van der Waals surface area contributed by atoms with Crippen LogP contribution in [0.5, 0.6) is 0 Å². The van der Waals surface area contributed by atoms with Crippen molar-refractivity contribution in [2.45, 2.75) is 21.2 Å². The summed E-state index contributed by atoms with van der Waals surface area (Å²) in [5, 5.41) is 8.59. The summed E-state index contributed by atoms with van der Waals surface area (Å²) < 4.78 is 29.3. The largest absolute Gasteiger partial charge is 0.311 e. The SMILES string of the molecule is Cc1ccc(S(=O)(=O)Nc2ccc(Sc3nncn3C)cc2)s1. The molecule has 3 aromatic rings. The Hall–Kier alpha value is -1.84. The predicted molar refractivity (Wildman–Crippen MR) is 91.4 cm³/mol. The number of nitrogens with one attached hydrogen (secondary N) is 1. The summed E-state index contributed by atoms with van der Waals surface area (Å²) in [6.45, 7) is 1.88. The molecule has 0 fully saturated rings. The number of benzene rings is 1. The normalized spacial score (nSPS) is 11.6. The van der Waals surface area contributed by atoms with E-state index in [9.17, 15) is 8.42 Å². The van der Waals surface area contributed by atoms with E-state index in [1.807, 2.05) is 30.7 Å². The second-order valence-corrected chi connectivity index (χ2v) is 9.06. The van der Waals surface area contributed by atoms with Crippen LogP contribution >= 0.6 is 23.1 Å². The van der Waals surface area contributed by atoms with Gasteiger partial charge in [0.25, 0.3) is 10.0 Å². The van der Waals surface area contributed by atoms with Crippen molar-refractivity contribution in [1.82, 2.24) is 14.8 Å². The van der Waals surface area contributed by atoms with E-state index >= 15 is 0 Å². The van der Waals surface area contributed by atoms with Crippen LogP contribution in [0.25, 0.3) is 0 Å². The highest BCUT2D eigenvalue weighted by Gasteiger charge is 2.16. The summed E-state index contributed by atoms with van der Waals surface area (Å²) in [6, 6.07) is 10.6. The van der Waals surface area contributed by atoms with Gasteiger partial charge in [-0.15, -0.1) is 21.5 Å². The number of aromatic nitrogens is 3. The lowest BCUT2D eigenvalue weighted by Crippen LogP contribution is -2.11. The van der Waals surface area contributed by atoms with Gasteiger partial charge < -0.3 is 4.57 Å². The van der Waals surface area contributed by atoms with Crippen LogP contribution in [0.2, 0.25) is 0 Å². The van der Waals surface area contributed by atoms with Crippen molar-refractivity contribution in [2.75, 3.05) is 4.72 Å². The van der Waals surface area contributed by atoms with Gasteiger partial charge in [0.1, 0.15) is 10.5 Å². The summed E-state index contributed by atoms with van der Waals surface area (Å²) in [4.78, 5) is 1.91. The molecule has 0 radical (unpaired) electrons. The standard InChI is InChI=1S/C14H14N4O2S3/c1-10-3-8-13(21-10)23(19,20)17-11-4-6-12(7-5-11)22-14-16-15-9-18(14)2/h3-9,17H,1-2H3. The maximum atomic E-state index is 12.3. The monoisotopic (exact) mass is 366 g/mol. The number of thiophene rings is 1. The molecule has 0 saturated carbocycles. The summed E-state index contributed by atoms with van der Waals surface area (Å²) in [5.74, 6) is 0. The van der Waals surface area contributed by atoms with Gasteiger partial charge in [0, 0.05) is 22.5 Å². The quantitative estimate of drug-likeness (QED) is 0.751. The summed E-state index contributed by atoms with van der Waals surface area (Å²) in [7, 11) is -1.66. The molecule has 0 saturated heterocycles. The van der Waals surface area contributed by atoms with Crippen LogP contribution in [-0.2, 0) is 17.1 Å². The average Bonchev–Trinajstić information content (AvgIpc) is 3.11. The summed E-state index contributed by atoms with van der Waals surface area (Å²) in [6.07, 6.45) is 1.63. The molecule has 3 rings (SSSR count). The summed E-state index contributed by atoms with van der Waals surface area (Å²) >= 11 is 2.71. The van der Waals surface area contributed by atoms with Crippen molar-refractivity contribution >= 4 is 38.8 Å². The molecule has 6 nitrogen and oxygen atoms in total. The fraction of sp³-hybridized carbons (Fsp3) is 0.143. The minimum atomic E-state index is -3.53. The fourth-order valence-corrected chi connectivity index (χ4v) is 4.93. The fourth-order valence-electron chi connectivity index (χ4n) is 1.82. The van der Waals surface area contributed by atoms with Crippen LogP contribution in [0.1, 0.15) is 4.88 Å². The van der Waals surface area contributed by atoms with Crippen molar-refractivity contribution in [3.05, 3.63) is 47.6 Å². The van der Waals surface area contributed by atoms with Crippen molar-refractivity contribution in [3.8, 4) is 0 Å². The zero-order valence-electron chi connectivity index (χ0n) is 12.4. The Labute approximate surface area is 142 Å². The van der Waals surface area contributed by atoms with Gasteiger partial charge in [-0.05, 0) is 55.1 Å². The molecule has 1 aromatic carbocycles. The highest BCUT2D eigenvalue weighted by molar-refractivity contribution is 7.99. The third-order valence-corrected chi connectivity index (χ3v) is 6.90. The van der Waals surface area contributed by atoms with E-state index < -0.39 is 10.0 Å². The first-order chi connectivity index (χ1) is 10.9. The average molecular weight is 366 g/mol. The Morgan fingerprint density at radius 3 is 2.48 bits per heavy atom. The van der Waals surface area contributed by atoms with E-state index in [2.05, 4.69) is 14.9 Å². The molecule has 2 aromatic heterocycles. The Morgan fingerprint density at radius 2 is 1.91 bits per heavy atom. The highest BCUT2D eigenvalue weighted by atomic mass is 32.2. The first kappa shape index (κ1) is 16.0. The maximum absolute atomic E-state index is 12.3. The lowest BCUT2D eigenvalue weighted by Gasteiger charge is -2.07. The van der Waals surface area contributed by atoms with Crippen LogP contribution in [-0.4, -0.2) is 23.2 Å². The molecule has 0 aliphatic heterocycles. The van der Waals surface area contributed by atoms with E-state index in [4.69, 9.17) is 0 Å². The Morgan fingerprint density at radius 1 is 1.17 bits per heavy atom. The number of rotatable bonds is 5. The second kappa shape index (κ2) is 6.34. The molecule has 0 aliphatic rings. The van der Waals surface area contributed by atoms with Crippen molar-refractivity contribution in [2.24, 2.45) is 7.05 Å². The third kappa shape index (κ3) is 3.74. The molecule has 0 unspecified atom stereocenters. The number of hydrogen-bond donors (Lipinski definition) is 1. The minimum absolute atomic E-state index is 0.313. The molecule has 0 amide bonds. The molecule has 120 valence electrons. The molecule has 0 spiro atoms. The van der Waals surface area contributed by atoms with Crippen molar-refractivity contribution in [1.29, 1.82) is 0 Å². The number of anilines is 1. The lowest BCUT2D eigenvalue weighted by atomic mass is 10.3. The third-order valence-electron chi connectivity index (χ3n) is 2.97. The van der Waals surface area contributed by atoms with Gasteiger partial charge in [-0.3, -0.25) is 4.72 Å². The van der Waals surface area contributed by atoms with Crippen LogP contribution in [0.4, 0.5) is 5.69 Å². The molecule has 1 N–H and O–H groups in total. The molecule has 0 atom stereocenters. The van der Waals surface area contributed by atoms with E-state index in [0.717, 1.165) is 14.9 Å². The van der Waals surface area contributed by atoms with Gasteiger partial charge in [-0.2, -0.15) is 0 Å². The van der Waals surface area contributed by atoms with Crippen LogP contribution in [0, 0.1) is 6.92 Å². The first-order valence-electron chi connectivity index (χ1n) is 6.65. The Balaban J connectivity index is 1.74. The van der Waals surface area contributed by atoms with Gasteiger partial charge in [-0.1, -0.05) is 0 Å². The lowest BCUT2D eigenvalue weighted by molar-refractivity contribution is 0.603. The van der Waals surface area contributed by atoms with Crippen LogP contribution in [0.15, 0.2) is 57.0 Å². The van der Waals surface area contributed by atoms with E-state index in [0.29, 0.717) is 9.90 Å². The van der Waals surface area contributed by atoms with Gasteiger partial charge in [0.15, 0.2) is 5.16 Å². The number of hydrogen-bond acceptors (Lipinski definition) is 6. The molecular formula is C14H14N4O2S3. The van der Waals surface area contributed by atoms with E-state index in [1.165, 1.54) is 23.1 Å². The zero-order chi connectivity index (χ0) is 16.4. The van der Waals surface area contributed by atoms with Crippen LogP contribution in [0.3, 0.4) is 0 Å². The summed E-state index contributed by atoms with van der Waals surface area (Å²) in [5.41, 5.74) is 0.526. The highest BCUT2D eigenvalue weighted by Crippen LogP contribution is 2.28. The Kier molecular flexibility index (Phi) is 4.42. The van der Waals surface area contributed by atoms with E-state index in [1.54, 1.807) is 30.6 Å². The Bertz CT molecular complexity index is 914. The van der Waals surface area contributed by atoms with Gasteiger partial charge in [0.2, 0.25) is 0 Å². The molecule has 2 heterocycles. The number of aryl methyl sites for hydroxylation is 2. The topological polar surface area (TPSA) is 76.9 Å². The van der Waals surface area contributed by atoms with Crippen LogP contribution < -0.4 is 4.72 Å². The first-order valence-corrected chi connectivity index (χ1v) is 9.77. The van der Waals surface area contributed by atoms with Gasteiger partial charge in [-0.25, -0.2) is 8.42 Å². The molecule has 0 bridgehead atoms. The molecule has 23 heavy (non-hydrogen) atoms. The number of nitrogens with zero attached hydrogens (tertiary/aromatic N) is 3. The van der Waals surface area contributed by atoms with Crippen molar-refractivity contribution in [3.63, 3.8) is 0 Å². The molecule has 9 heteroatoms. The minimum Gasteiger partial charge on any atom is -0.311 e. The molecule has 0 aliphatic carbocycles. The van der Waals surface area contributed by atoms with Crippen molar-refractivity contribution < 1.29 is 8.42 Å². The smallest absolute Gasteiger partial charge is 0.271 e. The predicted octanol–water partition coefficient (Wildman–Crippen LogP) is 3.14. The second-order valence-electron chi connectivity index (χ2n) is 4.82. The van der Waals surface area contributed by atoms with E-state index in [-0.39, 0.29) is 0 Å². The maximum Gasteiger partial charge on any atom is 0.271 e. The van der Waals surface area contributed by atoms with Gasteiger partial charge >= 0.3 is 0 Å². The molecular weight excluding hydrogens is 352 g/mol. The zero-order valence-corrected chi connectivity index (χ0v) is 14.9.